The zero-order chi connectivity index (χ0) is 23.4. The smallest absolute Gasteiger partial charge is 0.269 e. The van der Waals surface area contributed by atoms with E-state index in [9.17, 15) is 14.9 Å². The summed E-state index contributed by atoms with van der Waals surface area (Å²) in [7, 11) is 0. The van der Waals surface area contributed by atoms with Gasteiger partial charge in [0, 0.05) is 23.8 Å². The minimum absolute atomic E-state index is 0.00448. The molecule has 1 N–H and O–H groups in total. The molecular weight excluding hydrogens is 488 g/mol. The van der Waals surface area contributed by atoms with Crippen LogP contribution in [-0.2, 0) is 9.53 Å². The number of benzene rings is 1. The highest BCUT2D eigenvalue weighted by atomic mass is 79.9. The van der Waals surface area contributed by atoms with Crippen molar-refractivity contribution in [2.45, 2.75) is 25.9 Å². The number of aryl methyl sites for hydroxylation is 1. The minimum Gasteiger partial charge on any atom is -0.438 e. The lowest BCUT2D eigenvalue weighted by Crippen LogP contribution is -2.32. The maximum absolute atomic E-state index is 13.3. The van der Waals surface area contributed by atoms with Crippen molar-refractivity contribution in [3.63, 3.8) is 0 Å². The van der Waals surface area contributed by atoms with E-state index in [0.29, 0.717) is 24.5 Å². The van der Waals surface area contributed by atoms with Crippen molar-refractivity contribution in [1.82, 2.24) is 14.7 Å². The van der Waals surface area contributed by atoms with E-state index in [2.05, 4.69) is 26.2 Å². The number of carbonyl (C=O) groups excluding carboxylic acids is 1. The topological polar surface area (TPSA) is 106 Å². The number of amides is 1. The van der Waals surface area contributed by atoms with Crippen molar-refractivity contribution in [3.8, 4) is 17.7 Å². The molecule has 2 aromatic heterocycles. The van der Waals surface area contributed by atoms with Gasteiger partial charge in [-0.2, -0.15) is 10.2 Å². The van der Waals surface area contributed by atoms with E-state index >= 15 is 0 Å². The van der Waals surface area contributed by atoms with Crippen molar-refractivity contribution in [2.24, 2.45) is 0 Å². The van der Waals surface area contributed by atoms with Gasteiger partial charge in [0.15, 0.2) is 0 Å². The number of rotatable bonds is 6. The number of pyridine rings is 1. The van der Waals surface area contributed by atoms with Gasteiger partial charge in [-0.15, -0.1) is 0 Å². The Kier molecular flexibility index (Phi) is 6.87. The van der Waals surface area contributed by atoms with Crippen LogP contribution in [-0.4, -0.2) is 34.5 Å². The molecule has 4 rings (SSSR count). The Balaban J connectivity index is 1.75. The fourth-order valence-electron chi connectivity index (χ4n) is 3.51. The summed E-state index contributed by atoms with van der Waals surface area (Å²) in [5.74, 6) is -0.119. The van der Waals surface area contributed by atoms with Crippen LogP contribution in [0.2, 0.25) is 0 Å². The lowest BCUT2D eigenvalue weighted by atomic mass is 10.1. The van der Waals surface area contributed by atoms with Gasteiger partial charge >= 0.3 is 0 Å². The molecule has 1 aliphatic heterocycles. The van der Waals surface area contributed by atoms with E-state index in [4.69, 9.17) is 9.47 Å². The fourth-order valence-corrected chi connectivity index (χ4v) is 3.77. The summed E-state index contributed by atoms with van der Waals surface area (Å²) in [6.07, 6.45) is 4.54. The van der Waals surface area contributed by atoms with E-state index < -0.39 is 11.5 Å². The Morgan fingerprint density at radius 2 is 2.18 bits per heavy atom. The maximum Gasteiger partial charge on any atom is 0.269 e. The second-order valence-electron chi connectivity index (χ2n) is 7.59. The Hall–Kier alpha value is -3.48. The molecule has 3 heterocycles. The molecule has 0 saturated carbocycles. The molecule has 1 amide bonds. The summed E-state index contributed by atoms with van der Waals surface area (Å²) in [5, 5.41) is 12.3. The summed E-state index contributed by atoms with van der Waals surface area (Å²) in [4.78, 5) is 30.5. The van der Waals surface area contributed by atoms with Crippen LogP contribution < -0.4 is 15.6 Å². The molecule has 0 radical (unpaired) electrons. The Labute approximate surface area is 198 Å². The van der Waals surface area contributed by atoms with Gasteiger partial charge in [0.1, 0.15) is 28.6 Å². The van der Waals surface area contributed by atoms with E-state index in [1.807, 2.05) is 19.1 Å². The van der Waals surface area contributed by atoms with Gasteiger partial charge in [0.05, 0.1) is 6.10 Å². The molecule has 0 aliphatic carbocycles. The van der Waals surface area contributed by atoms with Crippen LogP contribution in [0.1, 0.15) is 24.0 Å². The highest BCUT2D eigenvalue weighted by Crippen LogP contribution is 2.26. The minimum atomic E-state index is -0.587. The second kappa shape index (κ2) is 9.98. The quantitative estimate of drug-likeness (QED) is 0.401. The number of carbonyl (C=O) groups is 1. The third-order valence-corrected chi connectivity index (χ3v) is 5.77. The number of hydrogen-bond donors (Lipinski definition) is 1. The van der Waals surface area contributed by atoms with Crippen molar-refractivity contribution >= 4 is 33.6 Å². The first-order valence-corrected chi connectivity index (χ1v) is 11.2. The molecule has 8 nitrogen and oxygen atoms in total. The van der Waals surface area contributed by atoms with Crippen molar-refractivity contribution in [2.75, 3.05) is 13.2 Å². The monoisotopic (exact) mass is 508 g/mol. The van der Waals surface area contributed by atoms with Gasteiger partial charge in [-0.05, 0) is 61.7 Å². The maximum atomic E-state index is 13.3. The van der Waals surface area contributed by atoms with Crippen LogP contribution in [0.5, 0.6) is 11.6 Å². The van der Waals surface area contributed by atoms with Crippen molar-refractivity contribution < 1.29 is 14.3 Å². The van der Waals surface area contributed by atoms with Gasteiger partial charge in [0.2, 0.25) is 5.88 Å². The second-order valence-corrected chi connectivity index (χ2v) is 8.51. The number of nitriles is 1. The summed E-state index contributed by atoms with van der Waals surface area (Å²) >= 11 is 3.37. The molecule has 1 aliphatic rings. The molecule has 3 aromatic rings. The number of hydrogen-bond acceptors (Lipinski definition) is 6. The molecule has 168 valence electrons. The van der Waals surface area contributed by atoms with Gasteiger partial charge < -0.3 is 14.8 Å². The lowest BCUT2D eigenvalue weighted by molar-refractivity contribution is -0.117. The van der Waals surface area contributed by atoms with Gasteiger partial charge in [0.25, 0.3) is 11.5 Å². The van der Waals surface area contributed by atoms with E-state index in [-0.39, 0.29) is 23.1 Å². The highest BCUT2D eigenvalue weighted by molar-refractivity contribution is 9.10. The first kappa shape index (κ1) is 22.7. The number of nitrogens with zero attached hydrogens (tertiary/aromatic N) is 3. The summed E-state index contributed by atoms with van der Waals surface area (Å²) < 4.78 is 13.7. The average molecular weight is 509 g/mol. The Morgan fingerprint density at radius 1 is 1.39 bits per heavy atom. The van der Waals surface area contributed by atoms with Gasteiger partial charge in [-0.1, -0.05) is 22.0 Å². The molecule has 1 fully saturated rings. The van der Waals surface area contributed by atoms with E-state index in [1.54, 1.807) is 36.5 Å². The molecule has 0 unspecified atom stereocenters. The van der Waals surface area contributed by atoms with Crippen LogP contribution in [0.4, 0.5) is 0 Å². The Bertz CT molecular complexity index is 1320. The Morgan fingerprint density at radius 3 is 2.88 bits per heavy atom. The van der Waals surface area contributed by atoms with Crippen molar-refractivity contribution in [1.29, 1.82) is 5.26 Å². The van der Waals surface area contributed by atoms with Crippen molar-refractivity contribution in [3.05, 3.63) is 74.1 Å². The summed E-state index contributed by atoms with van der Waals surface area (Å²) in [6.45, 7) is 2.80. The van der Waals surface area contributed by atoms with Gasteiger partial charge in [-0.25, -0.2) is 0 Å². The summed E-state index contributed by atoms with van der Waals surface area (Å²) in [5.41, 5.74) is 0.536. The first-order chi connectivity index (χ1) is 16.0. The molecule has 1 atom stereocenters. The lowest BCUT2D eigenvalue weighted by Gasteiger charge is -2.12. The molecule has 33 heavy (non-hydrogen) atoms. The van der Waals surface area contributed by atoms with Crippen LogP contribution in [0, 0.1) is 18.3 Å². The fraction of sp³-hybridized carbons (Fsp3) is 0.250. The first-order valence-electron chi connectivity index (χ1n) is 10.4. The predicted molar refractivity (Wildman–Crippen MR) is 126 cm³/mol. The zero-order valence-electron chi connectivity index (χ0n) is 17.9. The normalized spacial score (nSPS) is 15.9. The number of ether oxygens (including phenoxy) is 2. The van der Waals surface area contributed by atoms with E-state index in [0.717, 1.165) is 22.9 Å². The highest BCUT2D eigenvalue weighted by Gasteiger charge is 2.20. The third kappa shape index (κ3) is 5.13. The average Bonchev–Trinajstić information content (AvgIpc) is 3.33. The number of fused-ring (bicyclic) bond motifs is 1. The zero-order valence-corrected chi connectivity index (χ0v) is 19.5. The molecule has 0 bridgehead atoms. The third-order valence-electron chi connectivity index (χ3n) is 5.25. The SMILES string of the molecule is Cc1cccn2c(=O)c(/C=C(\C#N)C(=O)NC[C@H]3CCCO3)c(Oc3ccc(Br)cc3)nc12. The van der Waals surface area contributed by atoms with Crippen LogP contribution in [0.3, 0.4) is 0 Å². The summed E-state index contributed by atoms with van der Waals surface area (Å²) in [6, 6.07) is 12.5. The van der Waals surface area contributed by atoms with Crippen LogP contribution >= 0.6 is 15.9 Å². The predicted octanol–water partition coefficient (Wildman–Crippen LogP) is 3.76. The molecule has 9 heteroatoms. The molecule has 1 saturated heterocycles. The van der Waals surface area contributed by atoms with E-state index in [1.165, 1.54) is 10.5 Å². The standard InChI is InChI=1S/C24H21BrN4O4/c1-15-4-2-10-29-21(15)28-23(33-18-8-6-17(25)7-9-18)20(24(29)31)12-16(13-26)22(30)27-14-19-5-3-11-32-19/h2,4,6-10,12,19H,3,5,11,14H2,1H3,(H,27,30)/b16-12+/t19-/m1/s1. The number of halogens is 1. The van der Waals surface area contributed by atoms with Crippen LogP contribution in [0.25, 0.3) is 11.7 Å². The van der Waals surface area contributed by atoms with Gasteiger partial charge in [-0.3, -0.25) is 14.0 Å². The number of aromatic nitrogens is 2. The molecule has 0 spiro atoms. The largest absolute Gasteiger partial charge is 0.438 e. The van der Waals surface area contributed by atoms with Crippen LogP contribution in [0.15, 0.2) is 57.4 Å². The molecule has 1 aromatic carbocycles. The molecular formula is C24H21BrN4O4. The number of nitrogens with one attached hydrogen (secondary N) is 1.